The van der Waals surface area contributed by atoms with Crippen LogP contribution in [0.2, 0.25) is 0 Å². The van der Waals surface area contributed by atoms with Crippen molar-refractivity contribution in [3.05, 3.63) is 18.2 Å². The van der Waals surface area contributed by atoms with Gasteiger partial charge in [-0.1, -0.05) is 13.8 Å². The van der Waals surface area contributed by atoms with Crippen molar-refractivity contribution in [3.8, 4) is 0 Å². The normalized spacial score (nSPS) is 20.8. The van der Waals surface area contributed by atoms with E-state index < -0.39 is 5.60 Å². The molecule has 0 saturated heterocycles. The molecular weight excluding hydrogens is 252 g/mol. The highest BCUT2D eigenvalue weighted by atomic mass is 16.5. The number of carbonyl (C=O) groups excluding carboxylic acids is 1. The molecule has 1 aromatic rings. The summed E-state index contributed by atoms with van der Waals surface area (Å²) < 4.78 is 7.69. The number of ketones is 1. The lowest BCUT2D eigenvalue weighted by atomic mass is 9.69. The number of methoxy groups -OCH3 is 1. The SMILES string of the molecule is CCn1ccnc1CC(=O)C1(OC)CCC(C)(C)CC1. The standard InChI is InChI=1S/C16H26N2O2/c1-5-18-11-10-17-14(18)12-13(19)16(20-4)8-6-15(2,3)7-9-16/h10-11H,5-9,12H2,1-4H3. The summed E-state index contributed by atoms with van der Waals surface area (Å²) in [6.45, 7) is 7.43. The van der Waals surface area contributed by atoms with E-state index in [0.717, 1.165) is 38.1 Å². The Morgan fingerprint density at radius 3 is 2.55 bits per heavy atom. The predicted molar refractivity (Wildman–Crippen MR) is 78.6 cm³/mol. The Morgan fingerprint density at radius 2 is 2.00 bits per heavy atom. The molecule has 4 heteroatoms. The van der Waals surface area contributed by atoms with Crippen LogP contribution in [0.4, 0.5) is 0 Å². The Kier molecular flexibility index (Phi) is 4.33. The van der Waals surface area contributed by atoms with Gasteiger partial charge in [-0.3, -0.25) is 4.79 Å². The lowest BCUT2D eigenvalue weighted by molar-refractivity contribution is -0.147. The number of aryl methyl sites for hydroxylation is 1. The minimum absolute atomic E-state index is 0.177. The lowest BCUT2D eigenvalue weighted by Gasteiger charge is -2.41. The molecule has 1 saturated carbocycles. The Labute approximate surface area is 121 Å². The highest BCUT2D eigenvalue weighted by Gasteiger charge is 2.43. The minimum Gasteiger partial charge on any atom is -0.370 e. The lowest BCUT2D eigenvalue weighted by Crippen LogP contribution is -2.46. The van der Waals surface area contributed by atoms with Crippen molar-refractivity contribution in [2.24, 2.45) is 5.41 Å². The highest BCUT2D eigenvalue weighted by Crippen LogP contribution is 2.42. The first-order chi connectivity index (χ1) is 9.42. The highest BCUT2D eigenvalue weighted by molar-refractivity contribution is 5.88. The first kappa shape index (κ1) is 15.2. The van der Waals surface area contributed by atoms with Crippen molar-refractivity contribution in [2.75, 3.05) is 7.11 Å². The van der Waals surface area contributed by atoms with Crippen LogP contribution in [0.5, 0.6) is 0 Å². The molecule has 0 bridgehead atoms. The summed E-state index contributed by atoms with van der Waals surface area (Å²) in [6.07, 6.45) is 7.77. The molecule has 0 N–H and O–H groups in total. The van der Waals surface area contributed by atoms with Crippen molar-refractivity contribution < 1.29 is 9.53 Å². The fourth-order valence-corrected chi connectivity index (χ4v) is 3.03. The molecule has 112 valence electrons. The van der Waals surface area contributed by atoms with Crippen molar-refractivity contribution in [2.45, 2.75) is 65.0 Å². The average molecular weight is 278 g/mol. The molecule has 1 aromatic heterocycles. The van der Waals surface area contributed by atoms with Crippen LogP contribution in [0.15, 0.2) is 12.4 Å². The fourth-order valence-electron chi connectivity index (χ4n) is 3.03. The van der Waals surface area contributed by atoms with Gasteiger partial charge < -0.3 is 9.30 Å². The number of hydrogen-bond acceptors (Lipinski definition) is 3. The topological polar surface area (TPSA) is 44.1 Å². The summed E-state index contributed by atoms with van der Waals surface area (Å²) in [5.41, 5.74) is -0.274. The zero-order valence-electron chi connectivity index (χ0n) is 13.1. The van der Waals surface area contributed by atoms with Crippen molar-refractivity contribution in [1.29, 1.82) is 0 Å². The molecule has 0 amide bonds. The third kappa shape index (κ3) is 2.95. The number of imidazole rings is 1. The van der Waals surface area contributed by atoms with Crippen LogP contribution in [0, 0.1) is 5.41 Å². The molecule has 1 aliphatic rings. The summed E-state index contributed by atoms with van der Waals surface area (Å²) in [4.78, 5) is 17.0. The van der Waals surface area contributed by atoms with Crippen molar-refractivity contribution >= 4 is 5.78 Å². The van der Waals surface area contributed by atoms with Gasteiger partial charge in [0.05, 0.1) is 6.42 Å². The number of nitrogens with zero attached hydrogens (tertiary/aromatic N) is 2. The van der Waals surface area contributed by atoms with Crippen LogP contribution >= 0.6 is 0 Å². The molecule has 0 unspecified atom stereocenters. The minimum atomic E-state index is -0.597. The van der Waals surface area contributed by atoms with Gasteiger partial charge in [0.15, 0.2) is 5.78 Å². The molecule has 0 spiro atoms. The van der Waals surface area contributed by atoms with Crippen LogP contribution in [0.25, 0.3) is 0 Å². The molecule has 0 aromatic carbocycles. The molecule has 1 aliphatic carbocycles. The predicted octanol–water partition coefficient (Wildman–Crippen LogP) is 3.00. The molecule has 1 heterocycles. The largest absolute Gasteiger partial charge is 0.370 e. The number of carbonyl (C=O) groups is 1. The number of Topliss-reactive ketones (excluding diaryl/α,β-unsaturated/α-hetero) is 1. The first-order valence-corrected chi connectivity index (χ1v) is 7.51. The third-order valence-corrected chi connectivity index (χ3v) is 4.77. The van der Waals surface area contributed by atoms with Gasteiger partial charge in [0.1, 0.15) is 11.4 Å². The zero-order chi connectivity index (χ0) is 14.8. The Bertz CT molecular complexity index is 467. The summed E-state index contributed by atoms with van der Waals surface area (Å²) in [6, 6.07) is 0. The number of ether oxygens (including phenoxy) is 1. The maximum absolute atomic E-state index is 12.7. The number of aromatic nitrogens is 2. The summed E-state index contributed by atoms with van der Waals surface area (Å²) >= 11 is 0. The van der Waals surface area contributed by atoms with Crippen molar-refractivity contribution in [3.63, 3.8) is 0 Å². The summed E-state index contributed by atoms with van der Waals surface area (Å²) in [5, 5.41) is 0. The van der Waals surface area contributed by atoms with E-state index in [4.69, 9.17) is 4.74 Å². The first-order valence-electron chi connectivity index (χ1n) is 7.51. The Morgan fingerprint density at radius 1 is 1.35 bits per heavy atom. The van der Waals surface area contributed by atoms with Gasteiger partial charge in [-0.15, -0.1) is 0 Å². The zero-order valence-corrected chi connectivity index (χ0v) is 13.1. The average Bonchev–Trinajstić information content (AvgIpc) is 2.86. The van der Waals surface area contributed by atoms with E-state index in [1.54, 1.807) is 13.3 Å². The maximum Gasteiger partial charge on any atom is 0.172 e. The van der Waals surface area contributed by atoms with Crippen LogP contribution in [-0.4, -0.2) is 28.0 Å². The molecule has 1 fully saturated rings. The van der Waals surface area contributed by atoms with Gasteiger partial charge in [-0.2, -0.15) is 0 Å². The number of hydrogen-bond donors (Lipinski definition) is 0. The molecule has 2 rings (SSSR count). The Balaban J connectivity index is 2.10. The van der Waals surface area contributed by atoms with Crippen LogP contribution < -0.4 is 0 Å². The smallest absolute Gasteiger partial charge is 0.172 e. The van der Waals surface area contributed by atoms with E-state index in [2.05, 4.69) is 25.8 Å². The van der Waals surface area contributed by atoms with Gasteiger partial charge >= 0.3 is 0 Å². The van der Waals surface area contributed by atoms with Crippen LogP contribution in [0.3, 0.4) is 0 Å². The molecule has 0 atom stereocenters. The second kappa shape index (κ2) is 5.68. The van der Waals surface area contributed by atoms with Gasteiger partial charge in [0.2, 0.25) is 0 Å². The van der Waals surface area contributed by atoms with E-state index in [1.807, 2.05) is 10.8 Å². The summed E-state index contributed by atoms with van der Waals surface area (Å²) in [5.74, 6) is 1.02. The van der Waals surface area contributed by atoms with E-state index in [9.17, 15) is 4.79 Å². The second-order valence-electron chi connectivity index (χ2n) is 6.59. The van der Waals surface area contributed by atoms with Gasteiger partial charge in [0, 0.05) is 26.0 Å². The molecular formula is C16H26N2O2. The van der Waals surface area contributed by atoms with Crippen LogP contribution in [0.1, 0.15) is 52.3 Å². The van der Waals surface area contributed by atoms with Crippen LogP contribution in [-0.2, 0) is 22.5 Å². The van der Waals surface area contributed by atoms with E-state index in [1.165, 1.54) is 0 Å². The molecule has 20 heavy (non-hydrogen) atoms. The monoisotopic (exact) mass is 278 g/mol. The van der Waals surface area contributed by atoms with Crippen molar-refractivity contribution in [1.82, 2.24) is 9.55 Å². The van der Waals surface area contributed by atoms with E-state index in [-0.39, 0.29) is 5.78 Å². The fraction of sp³-hybridized carbons (Fsp3) is 0.750. The van der Waals surface area contributed by atoms with E-state index in [0.29, 0.717) is 11.8 Å². The summed E-state index contributed by atoms with van der Waals surface area (Å²) in [7, 11) is 1.67. The van der Waals surface area contributed by atoms with E-state index >= 15 is 0 Å². The van der Waals surface area contributed by atoms with Gasteiger partial charge in [-0.05, 0) is 38.0 Å². The molecule has 0 radical (unpaired) electrons. The third-order valence-electron chi connectivity index (χ3n) is 4.77. The Hall–Kier alpha value is -1.16. The van der Waals surface area contributed by atoms with Gasteiger partial charge in [0.25, 0.3) is 0 Å². The molecule has 4 nitrogen and oxygen atoms in total. The number of rotatable bonds is 5. The maximum atomic E-state index is 12.7. The molecule has 0 aliphatic heterocycles. The second-order valence-corrected chi connectivity index (χ2v) is 6.59. The quantitative estimate of drug-likeness (QED) is 0.831. The van der Waals surface area contributed by atoms with Gasteiger partial charge in [-0.25, -0.2) is 4.98 Å².